The zero-order valence-electron chi connectivity index (χ0n) is 10.0. The summed E-state index contributed by atoms with van der Waals surface area (Å²) in [4.78, 5) is 10.2. The Morgan fingerprint density at radius 3 is 2.89 bits per heavy atom. The average molecular weight is 251 g/mol. The molecule has 98 valence electrons. The fourth-order valence-electron chi connectivity index (χ4n) is 2.47. The summed E-state index contributed by atoms with van der Waals surface area (Å²) in [5, 5.41) is 23.2. The first-order valence-corrected chi connectivity index (χ1v) is 6.03. The van der Waals surface area contributed by atoms with Crippen LogP contribution in [0.4, 0.5) is 17.1 Å². The molecule has 1 aromatic carbocycles. The Hall–Kier alpha value is -1.82. The molecule has 0 spiro atoms. The standard InChI is InChI=1S/C12H17N3O3/c13-10-6-9(4-5-12(10)15(17)18)14-11-3-1-2-8(11)7-16/h4-6,8,11,14,16H,1-3,7,13H2. The van der Waals surface area contributed by atoms with Crippen molar-refractivity contribution in [3.8, 4) is 0 Å². The van der Waals surface area contributed by atoms with Crippen LogP contribution in [0.2, 0.25) is 0 Å². The molecule has 0 saturated heterocycles. The second kappa shape index (κ2) is 5.22. The van der Waals surface area contributed by atoms with E-state index in [4.69, 9.17) is 5.73 Å². The molecule has 4 N–H and O–H groups in total. The molecular weight excluding hydrogens is 234 g/mol. The third kappa shape index (κ3) is 2.53. The minimum absolute atomic E-state index is 0.0781. The highest BCUT2D eigenvalue weighted by Crippen LogP contribution is 2.30. The average Bonchev–Trinajstić information content (AvgIpc) is 2.76. The number of anilines is 2. The zero-order valence-corrected chi connectivity index (χ0v) is 10.0. The van der Waals surface area contributed by atoms with Gasteiger partial charge in [0.25, 0.3) is 5.69 Å². The second-order valence-electron chi connectivity index (χ2n) is 4.66. The topological polar surface area (TPSA) is 101 Å². The van der Waals surface area contributed by atoms with Crippen LogP contribution in [-0.4, -0.2) is 22.7 Å². The van der Waals surface area contributed by atoms with Crippen LogP contribution in [0.3, 0.4) is 0 Å². The predicted octanol–water partition coefficient (Wildman–Crippen LogP) is 1.75. The molecule has 0 radical (unpaired) electrons. The lowest BCUT2D eigenvalue weighted by molar-refractivity contribution is -0.383. The summed E-state index contributed by atoms with van der Waals surface area (Å²) in [6.45, 7) is 0.167. The van der Waals surface area contributed by atoms with E-state index in [9.17, 15) is 15.2 Å². The number of aliphatic hydroxyl groups is 1. The molecule has 1 fully saturated rings. The van der Waals surface area contributed by atoms with Gasteiger partial charge in [0, 0.05) is 30.3 Å². The van der Waals surface area contributed by atoms with Crippen LogP contribution >= 0.6 is 0 Å². The fourth-order valence-corrected chi connectivity index (χ4v) is 2.47. The van der Waals surface area contributed by atoms with Gasteiger partial charge in [0.2, 0.25) is 0 Å². The van der Waals surface area contributed by atoms with Crippen molar-refractivity contribution in [2.75, 3.05) is 17.7 Å². The predicted molar refractivity (Wildman–Crippen MR) is 69.3 cm³/mol. The van der Waals surface area contributed by atoms with Gasteiger partial charge in [-0.15, -0.1) is 0 Å². The smallest absolute Gasteiger partial charge is 0.292 e. The van der Waals surface area contributed by atoms with Crippen LogP contribution in [0.1, 0.15) is 19.3 Å². The number of hydrogen-bond donors (Lipinski definition) is 3. The van der Waals surface area contributed by atoms with Gasteiger partial charge in [0.05, 0.1) is 4.92 Å². The fraction of sp³-hybridized carbons (Fsp3) is 0.500. The third-order valence-corrected chi connectivity index (χ3v) is 3.47. The van der Waals surface area contributed by atoms with Crippen molar-refractivity contribution >= 4 is 17.1 Å². The number of nitro benzene ring substituents is 1. The summed E-state index contributed by atoms with van der Waals surface area (Å²) in [6, 6.07) is 4.85. The number of nitrogens with one attached hydrogen (secondary N) is 1. The molecule has 1 aromatic rings. The maximum Gasteiger partial charge on any atom is 0.292 e. The molecule has 0 heterocycles. The van der Waals surface area contributed by atoms with Gasteiger partial charge in [0.15, 0.2) is 0 Å². The molecule has 0 aromatic heterocycles. The third-order valence-electron chi connectivity index (χ3n) is 3.47. The van der Waals surface area contributed by atoms with Gasteiger partial charge in [-0.1, -0.05) is 6.42 Å². The van der Waals surface area contributed by atoms with Gasteiger partial charge in [-0.2, -0.15) is 0 Å². The van der Waals surface area contributed by atoms with E-state index in [1.807, 2.05) is 0 Å². The van der Waals surface area contributed by atoms with E-state index in [1.54, 1.807) is 12.1 Å². The van der Waals surface area contributed by atoms with Crippen molar-refractivity contribution in [1.29, 1.82) is 0 Å². The van der Waals surface area contributed by atoms with E-state index in [-0.39, 0.29) is 29.9 Å². The molecule has 0 bridgehead atoms. The van der Waals surface area contributed by atoms with E-state index in [0.29, 0.717) is 0 Å². The van der Waals surface area contributed by atoms with Gasteiger partial charge >= 0.3 is 0 Å². The SMILES string of the molecule is Nc1cc(NC2CCCC2CO)ccc1[N+](=O)[O-]. The minimum atomic E-state index is -0.495. The van der Waals surface area contributed by atoms with E-state index in [0.717, 1.165) is 24.9 Å². The maximum atomic E-state index is 10.6. The van der Waals surface area contributed by atoms with Crippen LogP contribution in [0.25, 0.3) is 0 Å². The second-order valence-corrected chi connectivity index (χ2v) is 4.66. The van der Waals surface area contributed by atoms with Gasteiger partial charge < -0.3 is 16.2 Å². The van der Waals surface area contributed by atoms with Crippen LogP contribution in [0.15, 0.2) is 18.2 Å². The summed E-state index contributed by atoms with van der Waals surface area (Å²) in [6.07, 6.45) is 3.10. The molecule has 2 unspecified atom stereocenters. The summed E-state index contributed by atoms with van der Waals surface area (Å²) < 4.78 is 0. The first kappa shape index (κ1) is 12.6. The largest absolute Gasteiger partial charge is 0.396 e. The van der Waals surface area contributed by atoms with Gasteiger partial charge in [0.1, 0.15) is 5.69 Å². The zero-order chi connectivity index (χ0) is 13.1. The number of nitro groups is 1. The quantitative estimate of drug-likeness (QED) is 0.430. The van der Waals surface area contributed by atoms with Gasteiger partial charge in [-0.05, 0) is 25.0 Å². The number of rotatable bonds is 4. The Labute approximate surface area is 105 Å². The molecule has 6 nitrogen and oxygen atoms in total. The Bertz CT molecular complexity index is 450. The number of aliphatic hydroxyl groups excluding tert-OH is 1. The normalized spacial score (nSPS) is 22.9. The number of nitrogens with zero attached hydrogens (tertiary/aromatic N) is 1. The van der Waals surface area contributed by atoms with E-state index in [2.05, 4.69) is 5.32 Å². The highest BCUT2D eigenvalue weighted by molar-refractivity contribution is 5.66. The van der Waals surface area contributed by atoms with Crippen molar-refractivity contribution in [2.24, 2.45) is 5.92 Å². The summed E-state index contributed by atoms with van der Waals surface area (Å²) in [7, 11) is 0. The Morgan fingerprint density at radius 2 is 2.28 bits per heavy atom. The van der Waals surface area contributed by atoms with E-state index < -0.39 is 4.92 Å². The van der Waals surface area contributed by atoms with Crippen LogP contribution in [0.5, 0.6) is 0 Å². The van der Waals surface area contributed by atoms with Crippen molar-refractivity contribution in [3.05, 3.63) is 28.3 Å². The Kier molecular flexibility index (Phi) is 3.66. The number of benzene rings is 1. The van der Waals surface area contributed by atoms with Crippen LogP contribution in [-0.2, 0) is 0 Å². The highest BCUT2D eigenvalue weighted by atomic mass is 16.6. The summed E-state index contributed by atoms with van der Waals surface area (Å²) >= 11 is 0. The lowest BCUT2D eigenvalue weighted by Crippen LogP contribution is -2.26. The summed E-state index contributed by atoms with van der Waals surface area (Å²) in [5.74, 6) is 0.251. The van der Waals surface area contributed by atoms with Crippen molar-refractivity contribution in [1.82, 2.24) is 0 Å². The van der Waals surface area contributed by atoms with E-state index >= 15 is 0 Å². The molecule has 1 aliphatic carbocycles. The molecular formula is C12H17N3O3. The monoisotopic (exact) mass is 251 g/mol. The molecule has 0 aliphatic heterocycles. The lowest BCUT2D eigenvalue weighted by atomic mass is 10.0. The van der Waals surface area contributed by atoms with Crippen LogP contribution < -0.4 is 11.1 Å². The van der Waals surface area contributed by atoms with Crippen molar-refractivity contribution in [3.63, 3.8) is 0 Å². The van der Waals surface area contributed by atoms with Gasteiger partial charge in [-0.25, -0.2) is 0 Å². The number of hydrogen-bond acceptors (Lipinski definition) is 5. The van der Waals surface area contributed by atoms with E-state index in [1.165, 1.54) is 6.07 Å². The van der Waals surface area contributed by atoms with Gasteiger partial charge in [-0.3, -0.25) is 10.1 Å². The molecule has 2 atom stereocenters. The molecule has 0 amide bonds. The van der Waals surface area contributed by atoms with Crippen LogP contribution in [0, 0.1) is 16.0 Å². The minimum Gasteiger partial charge on any atom is -0.396 e. The molecule has 2 rings (SSSR count). The van der Waals surface area contributed by atoms with Crippen molar-refractivity contribution in [2.45, 2.75) is 25.3 Å². The lowest BCUT2D eigenvalue weighted by Gasteiger charge is -2.20. The first-order valence-electron chi connectivity index (χ1n) is 6.03. The highest BCUT2D eigenvalue weighted by Gasteiger charge is 2.26. The molecule has 18 heavy (non-hydrogen) atoms. The summed E-state index contributed by atoms with van der Waals surface area (Å²) in [5.41, 5.74) is 6.48. The maximum absolute atomic E-state index is 10.6. The van der Waals surface area contributed by atoms with Crippen molar-refractivity contribution < 1.29 is 10.0 Å². The molecule has 1 aliphatic rings. The number of nitrogen functional groups attached to an aromatic ring is 1. The molecule has 1 saturated carbocycles. The molecule has 6 heteroatoms. The Balaban J connectivity index is 2.10. The Morgan fingerprint density at radius 1 is 1.50 bits per heavy atom. The number of nitrogens with two attached hydrogens (primary N) is 1. The first-order chi connectivity index (χ1) is 8.61.